The van der Waals surface area contributed by atoms with E-state index < -0.39 is 35.7 Å². The summed E-state index contributed by atoms with van der Waals surface area (Å²) in [7, 11) is 3.87. The van der Waals surface area contributed by atoms with Gasteiger partial charge in [0.15, 0.2) is 0 Å². The number of hydrazine groups is 1. The highest BCUT2D eigenvalue weighted by atomic mass is 79.9. The van der Waals surface area contributed by atoms with Crippen molar-refractivity contribution in [3.8, 4) is 0 Å². The number of hydrogen-bond acceptors (Lipinski definition) is 5. The fraction of sp³-hybridized carbons (Fsp3) is 0.192. The smallest absolute Gasteiger partial charge is 0.268 e. The van der Waals surface area contributed by atoms with Gasteiger partial charge in [0.1, 0.15) is 6.04 Å². The summed E-state index contributed by atoms with van der Waals surface area (Å²) in [5, 5.41) is 1.84. The van der Waals surface area contributed by atoms with Gasteiger partial charge in [-0.15, -0.1) is 0 Å². The van der Waals surface area contributed by atoms with E-state index in [4.69, 9.17) is 23.2 Å². The number of imide groups is 1. The van der Waals surface area contributed by atoms with Crippen molar-refractivity contribution in [3.05, 3.63) is 92.4 Å². The van der Waals surface area contributed by atoms with E-state index in [1.165, 1.54) is 17.1 Å². The minimum Gasteiger partial charge on any atom is -0.378 e. The second-order valence-electron chi connectivity index (χ2n) is 8.86. The minimum atomic E-state index is -1.05. The number of rotatable bonds is 4. The first kappa shape index (κ1) is 24.8. The lowest BCUT2D eigenvalue weighted by atomic mass is 9.90. The lowest BCUT2D eigenvalue weighted by Crippen LogP contribution is -2.48. The Morgan fingerprint density at radius 3 is 2.33 bits per heavy atom. The van der Waals surface area contributed by atoms with Crippen molar-refractivity contribution >= 4 is 68.2 Å². The van der Waals surface area contributed by atoms with Crippen LogP contribution in [0.25, 0.3) is 0 Å². The molecule has 3 aromatic carbocycles. The van der Waals surface area contributed by atoms with Crippen LogP contribution < -0.4 is 15.2 Å². The molecule has 0 aromatic heterocycles. The highest BCUT2D eigenvalue weighted by molar-refractivity contribution is 9.10. The summed E-state index contributed by atoms with van der Waals surface area (Å²) in [6, 6.07) is 17.5. The number of carbonyl (C=O) groups is 3. The Morgan fingerprint density at radius 2 is 1.69 bits per heavy atom. The lowest BCUT2D eigenvalue weighted by Gasteiger charge is -2.25. The third-order valence-electron chi connectivity index (χ3n) is 6.44. The van der Waals surface area contributed by atoms with E-state index in [1.54, 1.807) is 30.3 Å². The number of fused-ring (bicyclic) bond motifs is 1. The second-order valence-corrected chi connectivity index (χ2v) is 10.6. The molecular weight excluding hydrogens is 567 g/mol. The molecule has 0 saturated carbocycles. The molecule has 5 rings (SSSR count). The van der Waals surface area contributed by atoms with Crippen molar-refractivity contribution in [2.45, 2.75) is 12.1 Å². The first-order valence-electron chi connectivity index (χ1n) is 11.1. The quantitative estimate of drug-likeness (QED) is 0.431. The highest BCUT2D eigenvalue weighted by Gasteiger charge is 2.60. The summed E-state index contributed by atoms with van der Waals surface area (Å²) in [5.41, 5.74) is 5.55. The molecule has 0 aliphatic carbocycles. The fourth-order valence-corrected chi connectivity index (χ4v) is 5.58. The topological polar surface area (TPSA) is 73.0 Å². The van der Waals surface area contributed by atoms with Crippen molar-refractivity contribution in [1.82, 2.24) is 10.4 Å². The van der Waals surface area contributed by atoms with Crippen LogP contribution in [-0.2, 0) is 9.59 Å². The first-order valence-corrected chi connectivity index (χ1v) is 12.7. The number of nitrogens with one attached hydrogen (secondary N) is 1. The van der Waals surface area contributed by atoms with Crippen LogP contribution >= 0.6 is 39.1 Å². The van der Waals surface area contributed by atoms with E-state index in [0.717, 1.165) is 20.6 Å². The number of halogens is 3. The minimum absolute atomic E-state index is 0.175. The lowest BCUT2D eigenvalue weighted by molar-refractivity contribution is -0.123. The standard InChI is InChI=1S/C26H21BrCl2N4O3/c1-31(2)18-9-6-14(7-10-18)22-21-23(33(30-22)24(34)15-4-3-5-16(27)12-15)26(36)32(25(21)35)20-11-8-17(28)13-19(20)29/h3-13,21-23,30H,1-2H3. The van der Waals surface area contributed by atoms with E-state index in [9.17, 15) is 14.4 Å². The molecule has 2 aliphatic heterocycles. The van der Waals surface area contributed by atoms with Crippen LogP contribution in [0.5, 0.6) is 0 Å². The molecule has 2 saturated heterocycles. The predicted octanol–water partition coefficient (Wildman–Crippen LogP) is 5.08. The molecule has 0 bridgehead atoms. The number of benzene rings is 3. The Bertz CT molecular complexity index is 1380. The van der Waals surface area contributed by atoms with Crippen molar-refractivity contribution in [3.63, 3.8) is 0 Å². The summed E-state index contributed by atoms with van der Waals surface area (Å²) in [6.07, 6.45) is 0. The number of carbonyl (C=O) groups excluding carboxylic acids is 3. The first-order chi connectivity index (χ1) is 17.2. The Balaban J connectivity index is 1.58. The monoisotopic (exact) mass is 586 g/mol. The average molecular weight is 588 g/mol. The zero-order valence-electron chi connectivity index (χ0n) is 19.3. The van der Waals surface area contributed by atoms with Crippen molar-refractivity contribution in [2.75, 3.05) is 23.9 Å². The Hall–Kier alpha value is -2.91. The SMILES string of the molecule is CN(C)c1ccc(C2NN(C(=O)c3cccc(Br)c3)C3C(=O)N(c4ccc(Cl)cc4Cl)C(=O)C23)cc1. The normalized spacial score (nSPS) is 21.2. The molecular formula is C26H21BrCl2N4O3. The molecule has 3 unspecified atom stereocenters. The number of anilines is 2. The number of nitrogens with zero attached hydrogens (tertiary/aromatic N) is 3. The van der Waals surface area contributed by atoms with E-state index in [2.05, 4.69) is 21.4 Å². The summed E-state index contributed by atoms with van der Waals surface area (Å²) in [6.45, 7) is 0. The highest BCUT2D eigenvalue weighted by Crippen LogP contribution is 2.44. The largest absolute Gasteiger partial charge is 0.378 e. The summed E-state index contributed by atoms with van der Waals surface area (Å²) in [5.74, 6) is -2.22. The number of hydrogen-bond donors (Lipinski definition) is 1. The predicted molar refractivity (Wildman–Crippen MR) is 143 cm³/mol. The van der Waals surface area contributed by atoms with Crippen LogP contribution in [-0.4, -0.2) is 42.9 Å². The Labute approximate surface area is 226 Å². The van der Waals surface area contributed by atoms with Gasteiger partial charge in [0.25, 0.3) is 11.8 Å². The Morgan fingerprint density at radius 1 is 0.972 bits per heavy atom. The molecule has 3 aromatic rings. The molecule has 3 amide bonds. The summed E-state index contributed by atoms with van der Waals surface area (Å²) < 4.78 is 0.725. The van der Waals surface area contributed by atoms with Crippen LogP contribution in [0.3, 0.4) is 0 Å². The molecule has 0 radical (unpaired) electrons. The van der Waals surface area contributed by atoms with Gasteiger partial charge in [0.05, 0.1) is 22.7 Å². The van der Waals surface area contributed by atoms with Gasteiger partial charge in [0.2, 0.25) is 5.91 Å². The summed E-state index contributed by atoms with van der Waals surface area (Å²) in [4.78, 5) is 44.1. The molecule has 7 nitrogen and oxygen atoms in total. The Kier molecular flexibility index (Phi) is 6.55. The number of amides is 3. The van der Waals surface area contributed by atoms with Crippen LogP contribution in [0.2, 0.25) is 10.0 Å². The van der Waals surface area contributed by atoms with Gasteiger partial charge in [-0.2, -0.15) is 0 Å². The van der Waals surface area contributed by atoms with Gasteiger partial charge in [-0.3, -0.25) is 19.4 Å². The van der Waals surface area contributed by atoms with Gasteiger partial charge in [-0.1, -0.05) is 57.3 Å². The summed E-state index contributed by atoms with van der Waals surface area (Å²) >= 11 is 15.8. The molecule has 1 N–H and O–H groups in total. The molecule has 0 spiro atoms. The maximum Gasteiger partial charge on any atom is 0.268 e. The van der Waals surface area contributed by atoms with E-state index >= 15 is 0 Å². The molecule has 184 valence electrons. The second kappa shape index (κ2) is 9.52. The molecule has 2 fully saturated rings. The van der Waals surface area contributed by atoms with Crippen molar-refractivity contribution in [1.29, 1.82) is 0 Å². The third-order valence-corrected chi connectivity index (χ3v) is 7.48. The third kappa shape index (κ3) is 4.18. The van der Waals surface area contributed by atoms with Gasteiger partial charge in [0, 0.05) is 34.8 Å². The zero-order chi connectivity index (χ0) is 25.7. The van der Waals surface area contributed by atoms with Crippen LogP contribution in [0, 0.1) is 5.92 Å². The molecule has 2 heterocycles. The molecule has 36 heavy (non-hydrogen) atoms. The molecule has 10 heteroatoms. The van der Waals surface area contributed by atoms with Crippen molar-refractivity contribution < 1.29 is 14.4 Å². The van der Waals surface area contributed by atoms with Crippen LogP contribution in [0.4, 0.5) is 11.4 Å². The average Bonchev–Trinajstić information content (AvgIpc) is 3.36. The van der Waals surface area contributed by atoms with E-state index in [0.29, 0.717) is 10.6 Å². The molecule has 2 aliphatic rings. The van der Waals surface area contributed by atoms with Gasteiger partial charge in [-0.25, -0.2) is 10.3 Å². The molecule has 3 atom stereocenters. The maximum atomic E-state index is 13.8. The van der Waals surface area contributed by atoms with Gasteiger partial charge in [-0.05, 0) is 54.1 Å². The van der Waals surface area contributed by atoms with E-state index in [1.807, 2.05) is 43.3 Å². The maximum absolute atomic E-state index is 13.8. The zero-order valence-corrected chi connectivity index (χ0v) is 22.4. The van der Waals surface area contributed by atoms with Gasteiger partial charge < -0.3 is 4.90 Å². The van der Waals surface area contributed by atoms with Crippen molar-refractivity contribution in [2.24, 2.45) is 5.92 Å². The fourth-order valence-electron chi connectivity index (χ4n) is 4.69. The van der Waals surface area contributed by atoms with Crippen LogP contribution in [0.1, 0.15) is 22.0 Å². The van der Waals surface area contributed by atoms with Crippen LogP contribution in [0.15, 0.2) is 71.2 Å². The van der Waals surface area contributed by atoms with E-state index in [-0.39, 0.29) is 10.7 Å². The van der Waals surface area contributed by atoms with Gasteiger partial charge >= 0.3 is 0 Å².